The van der Waals surface area contributed by atoms with E-state index in [4.69, 9.17) is 0 Å². The molecule has 0 aromatic rings. The highest BCUT2D eigenvalue weighted by molar-refractivity contribution is 5.87. The molecule has 0 aromatic heterocycles. The summed E-state index contributed by atoms with van der Waals surface area (Å²) in [6.07, 6.45) is -7.91. The third-order valence-corrected chi connectivity index (χ3v) is 1.15. The molecule has 2 nitrogen and oxygen atoms in total. The van der Waals surface area contributed by atoms with Crippen LogP contribution in [-0.2, 0) is 9.53 Å². The molecule has 7 heteroatoms. The van der Waals surface area contributed by atoms with Crippen molar-refractivity contribution in [2.75, 3.05) is 0 Å². The summed E-state index contributed by atoms with van der Waals surface area (Å²) in [6.45, 7) is 4.03. The Morgan fingerprint density at radius 1 is 1.36 bits per heavy atom. The van der Waals surface area contributed by atoms with Gasteiger partial charge in [-0.1, -0.05) is 6.58 Å². The number of ether oxygens (including phenoxy) is 1. The molecule has 0 saturated heterocycles. The predicted octanol–water partition coefficient (Wildman–Crippen LogP) is 2.30. The second kappa shape index (κ2) is 4.39. The summed E-state index contributed by atoms with van der Waals surface area (Å²) in [4.78, 5) is 10.5. The first-order chi connectivity index (χ1) is 6.19. The van der Waals surface area contributed by atoms with Crippen molar-refractivity contribution in [3.8, 4) is 0 Å². The molecular weight excluding hydrogens is 211 g/mol. The van der Waals surface area contributed by atoms with Gasteiger partial charge in [-0.15, -0.1) is 0 Å². The SMILES string of the molecule is C=C(C)C(=O)OC(F)C(F)(F)C(F)F. The first-order valence-corrected chi connectivity index (χ1v) is 3.36. The van der Waals surface area contributed by atoms with Crippen LogP contribution >= 0.6 is 0 Å². The molecule has 1 atom stereocenters. The number of rotatable bonds is 4. The van der Waals surface area contributed by atoms with E-state index in [0.29, 0.717) is 0 Å². The molecule has 0 saturated carbocycles. The second-order valence-corrected chi connectivity index (χ2v) is 2.48. The maximum absolute atomic E-state index is 12.3. The smallest absolute Gasteiger partial charge is 0.372 e. The summed E-state index contributed by atoms with van der Waals surface area (Å²) in [5, 5.41) is 0. The Hall–Kier alpha value is -1.14. The standard InChI is InChI=1S/C7H7F5O2/c1-3(2)4(13)14-6(10)7(11,12)5(8)9/h5-6H,1H2,2H3. The summed E-state index contributed by atoms with van der Waals surface area (Å²) >= 11 is 0. The van der Waals surface area contributed by atoms with Gasteiger partial charge < -0.3 is 4.74 Å². The van der Waals surface area contributed by atoms with Gasteiger partial charge in [-0.2, -0.15) is 13.2 Å². The summed E-state index contributed by atoms with van der Waals surface area (Å²) in [5.74, 6) is -6.50. The van der Waals surface area contributed by atoms with Crippen molar-refractivity contribution in [3.63, 3.8) is 0 Å². The number of hydrogen-bond donors (Lipinski definition) is 0. The van der Waals surface area contributed by atoms with Gasteiger partial charge in [-0.3, -0.25) is 0 Å². The molecule has 0 heterocycles. The van der Waals surface area contributed by atoms with Crippen LogP contribution in [0.2, 0.25) is 0 Å². The highest BCUT2D eigenvalue weighted by Gasteiger charge is 2.52. The van der Waals surface area contributed by atoms with Gasteiger partial charge in [0.25, 0.3) is 0 Å². The maximum atomic E-state index is 12.3. The van der Waals surface area contributed by atoms with Gasteiger partial charge in [0.15, 0.2) is 0 Å². The lowest BCUT2D eigenvalue weighted by molar-refractivity contribution is -0.242. The molecule has 0 radical (unpaired) electrons. The largest absolute Gasteiger partial charge is 0.421 e. The number of hydrogen-bond acceptors (Lipinski definition) is 2. The van der Waals surface area contributed by atoms with Crippen molar-refractivity contribution in [1.29, 1.82) is 0 Å². The monoisotopic (exact) mass is 218 g/mol. The lowest BCUT2D eigenvalue weighted by atomic mass is 10.3. The highest BCUT2D eigenvalue weighted by Crippen LogP contribution is 2.29. The second-order valence-electron chi connectivity index (χ2n) is 2.48. The first-order valence-electron chi connectivity index (χ1n) is 3.36. The molecule has 0 N–H and O–H groups in total. The summed E-state index contributed by atoms with van der Waals surface area (Å²) in [6, 6.07) is 0. The van der Waals surface area contributed by atoms with Crippen LogP contribution in [0.5, 0.6) is 0 Å². The van der Waals surface area contributed by atoms with Gasteiger partial charge in [0.2, 0.25) is 0 Å². The van der Waals surface area contributed by atoms with Gasteiger partial charge in [-0.05, 0) is 6.92 Å². The zero-order valence-corrected chi connectivity index (χ0v) is 7.07. The third kappa shape index (κ3) is 2.97. The predicted molar refractivity (Wildman–Crippen MR) is 36.8 cm³/mol. The van der Waals surface area contributed by atoms with Crippen LogP contribution < -0.4 is 0 Å². The van der Waals surface area contributed by atoms with Crippen LogP contribution in [0.25, 0.3) is 0 Å². The first kappa shape index (κ1) is 12.9. The Kier molecular flexibility index (Phi) is 4.03. The minimum atomic E-state index is -5.01. The fourth-order valence-corrected chi connectivity index (χ4v) is 0.372. The highest BCUT2D eigenvalue weighted by atomic mass is 19.3. The lowest BCUT2D eigenvalue weighted by Gasteiger charge is -2.19. The van der Waals surface area contributed by atoms with E-state index < -0.39 is 24.7 Å². The number of esters is 1. The van der Waals surface area contributed by atoms with Crippen LogP contribution in [-0.4, -0.2) is 24.7 Å². The van der Waals surface area contributed by atoms with Crippen molar-refractivity contribution < 1.29 is 31.5 Å². The van der Waals surface area contributed by atoms with Crippen molar-refractivity contribution in [2.24, 2.45) is 0 Å². The summed E-state index contributed by atoms with van der Waals surface area (Å²) in [5.41, 5.74) is -0.363. The molecule has 0 fully saturated rings. The van der Waals surface area contributed by atoms with Crippen molar-refractivity contribution in [1.82, 2.24) is 0 Å². The molecule has 0 aliphatic rings. The van der Waals surface area contributed by atoms with Crippen molar-refractivity contribution in [3.05, 3.63) is 12.2 Å². The quantitative estimate of drug-likeness (QED) is 0.411. The van der Waals surface area contributed by atoms with E-state index in [2.05, 4.69) is 11.3 Å². The summed E-state index contributed by atoms with van der Waals surface area (Å²) in [7, 11) is 0. The Morgan fingerprint density at radius 3 is 2.07 bits per heavy atom. The average molecular weight is 218 g/mol. The molecule has 0 aromatic carbocycles. The van der Waals surface area contributed by atoms with Gasteiger partial charge in [-0.25, -0.2) is 13.6 Å². The Balaban J connectivity index is 4.41. The molecule has 82 valence electrons. The minimum absolute atomic E-state index is 0.363. The topological polar surface area (TPSA) is 26.3 Å². The molecule has 14 heavy (non-hydrogen) atoms. The lowest BCUT2D eigenvalue weighted by Crippen LogP contribution is -2.40. The van der Waals surface area contributed by atoms with E-state index in [1.54, 1.807) is 0 Å². The third-order valence-electron chi connectivity index (χ3n) is 1.15. The van der Waals surface area contributed by atoms with Gasteiger partial charge in [0.1, 0.15) is 0 Å². The van der Waals surface area contributed by atoms with Crippen LogP contribution in [0.1, 0.15) is 6.92 Å². The van der Waals surface area contributed by atoms with E-state index in [1.165, 1.54) is 0 Å². The molecule has 0 aliphatic heterocycles. The minimum Gasteiger partial charge on any atom is -0.421 e. The van der Waals surface area contributed by atoms with Gasteiger partial charge in [0.05, 0.1) is 0 Å². The fourth-order valence-electron chi connectivity index (χ4n) is 0.372. The zero-order valence-electron chi connectivity index (χ0n) is 7.07. The Labute approximate surface area is 76.3 Å². The number of carbonyl (C=O) groups is 1. The molecule has 0 rings (SSSR count). The van der Waals surface area contributed by atoms with Gasteiger partial charge >= 0.3 is 24.7 Å². The fraction of sp³-hybridized carbons (Fsp3) is 0.571. The Bertz CT molecular complexity index is 238. The van der Waals surface area contributed by atoms with E-state index in [9.17, 15) is 26.7 Å². The molecule has 0 bridgehead atoms. The molecule has 0 amide bonds. The average Bonchev–Trinajstić information content (AvgIpc) is 2.03. The molecular formula is C7H7F5O2. The van der Waals surface area contributed by atoms with Crippen LogP contribution in [0.3, 0.4) is 0 Å². The van der Waals surface area contributed by atoms with E-state index in [-0.39, 0.29) is 5.57 Å². The van der Waals surface area contributed by atoms with Crippen molar-refractivity contribution in [2.45, 2.75) is 25.6 Å². The van der Waals surface area contributed by atoms with E-state index in [1.807, 2.05) is 0 Å². The number of alkyl halides is 5. The maximum Gasteiger partial charge on any atom is 0.372 e. The molecule has 0 spiro atoms. The normalized spacial score (nSPS) is 13.9. The number of carbonyl (C=O) groups excluding carboxylic acids is 1. The number of halogens is 5. The summed E-state index contributed by atoms with van der Waals surface area (Å²) < 4.78 is 63.0. The van der Waals surface area contributed by atoms with Gasteiger partial charge in [0, 0.05) is 5.57 Å². The zero-order chi connectivity index (χ0) is 11.5. The van der Waals surface area contributed by atoms with Crippen LogP contribution in [0.15, 0.2) is 12.2 Å². The molecule has 1 unspecified atom stereocenters. The Morgan fingerprint density at radius 2 is 1.79 bits per heavy atom. The van der Waals surface area contributed by atoms with E-state index >= 15 is 0 Å². The molecule has 0 aliphatic carbocycles. The van der Waals surface area contributed by atoms with E-state index in [0.717, 1.165) is 6.92 Å². The van der Waals surface area contributed by atoms with Crippen LogP contribution in [0.4, 0.5) is 22.0 Å². The van der Waals surface area contributed by atoms with Crippen molar-refractivity contribution >= 4 is 5.97 Å². The van der Waals surface area contributed by atoms with Crippen LogP contribution in [0, 0.1) is 0 Å².